The minimum absolute atomic E-state index is 0.761. The Balaban J connectivity index is 1.42. The summed E-state index contributed by atoms with van der Waals surface area (Å²) in [6.45, 7) is 8.13. The molecule has 0 spiro atoms. The number of anilines is 1. The molecule has 2 fully saturated rings. The van der Waals surface area contributed by atoms with Crippen molar-refractivity contribution in [1.29, 1.82) is 5.26 Å². The Bertz CT molecular complexity index is 532. The van der Waals surface area contributed by atoms with Crippen molar-refractivity contribution in [2.45, 2.75) is 39.0 Å². The highest BCUT2D eigenvalue weighted by Crippen LogP contribution is 2.30. The maximum Gasteiger partial charge on any atom is 0.0992 e. The third-order valence-corrected chi connectivity index (χ3v) is 5.70. The van der Waals surface area contributed by atoms with Gasteiger partial charge < -0.3 is 4.90 Å². The van der Waals surface area contributed by atoms with Crippen LogP contribution in [-0.2, 0) is 0 Å². The average molecular weight is 311 g/mol. The average Bonchev–Trinajstić information content (AvgIpc) is 2.62. The molecule has 3 rings (SSSR count). The Morgan fingerprint density at radius 3 is 2.52 bits per heavy atom. The first-order valence-corrected chi connectivity index (χ1v) is 9.22. The van der Waals surface area contributed by atoms with Crippen LogP contribution in [0, 0.1) is 23.2 Å². The Morgan fingerprint density at radius 2 is 1.83 bits per heavy atom. The summed E-state index contributed by atoms with van der Waals surface area (Å²) < 4.78 is 0. The van der Waals surface area contributed by atoms with E-state index in [0.717, 1.165) is 43.6 Å². The molecule has 1 aromatic carbocycles. The van der Waals surface area contributed by atoms with E-state index in [0.29, 0.717) is 0 Å². The van der Waals surface area contributed by atoms with E-state index in [1.54, 1.807) is 0 Å². The molecule has 124 valence electrons. The molecule has 1 heterocycles. The van der Waals surface area contributed by atoms with Gasteiger partial charge in [-0.05, 0) is 43.0 Å². The van der Waals surface area contributed by atoms with E-state index in [-0.39, 0.29) is 0 Å². The van der Waals surface area contributed by atoms with Crippen LogP contribution in [0.3, 0.4) is 0 Å². The highest BCUT2D eigenvalue weighted by Gasteiger charge is 2.21. The van der Waals surface area contributed by atoms with E-state index in [1.165, 1.54) is 44.3 Å². The number of hydrogen-bond donors (Lipinski definition) is 0. The molecule has 1 saturated carbocycles. The zero-order valence-electron chi connectivity index (χ0n) is 14.4. The number of rotatable bonds is 4. The lowest BCUT2D eigenvalue weighted by Gasteiger charge is -2.37. The lowest BCUT2D eigenvalue weighted by molar-refractivity contribution is 0.208. The van der Waals surface area contributed by atoms with Crippen LogP contribution in [0.2, 0.25) is 0 Å². The Morgan fingerprint density at radius 1 is 1.09 bits per heavy atom. The van der Waals surface area contributed by atoms with Crippen LogP contribution < -0.4 is 4.90 Å². The zero-order chi connectivity index (χ0) is 16.1. The fourth-order valence-electron chi connectivity index (χ4n) is 3.98. The van der Waals surface area contributed by atoms with Gasteiger partial charge in [-0.1, -0.05) is 38.7 Å². The number of nitriles is 1. The van der Waals surface area contributed by atoms with E-state index in [1.807, 2.05) is 18.2 Å². The first-order chi connectivity index (χ1) is 11.2. The highest BCUT2D eigenvalue weighted by molar-refractivity contribution is 5.51. The van der Waals surface area contributed by atoms with Crippen molar-refractivity contribution in [2.24, 2.45) is 11.8 Å². The van der Waals surface area contributed by atoms with Gasteiger partial charge in [-0.15, -0.1) is 0 Å². The molecule has 0 amide bonds. The predicted octanol–water partition coefficient (Wildman–Crippen LogP) is 3.90. The molecule has 0 bridgehead atoms. The molecule has 1 aromatic rings. The summed E-state index contributed by atoms with van der Waals surface area (Å²) in [7, 11) is 0. The number of piperazine rings is 1. The second-order valence-electron chi connectivity index (χ2n) is 7.41. The standard InChI is InChI=1S/C20H29N3/c1-17-5-7-18(8-6-17)9-10-22-11-13-23(14-12-22)20-4-2-3-19(15-20)16-21/h2-4,15,17-18H,5-14H2,1H3. The van der Waals surface area contributed by atoms with E-state index in [9.17, 15) is 0 Å². The van der Waals surface area contributed by atoms with Gasteiger partial charge in [0.05, 0.1) is 11.6 Å². The molecular weight excluding hydrogens is 282 g/mol. The van der Waals surface area contributed by atoms with Crippen molar-refractivity contribution in [2.75, 3.05) is 37.6 Å². The number of hydrogen-bond acceptors (Lipinski definition) is 3. The topological polar surface area (TPSA) is 30.3 Å². The van der Waals surface area contributed by atoms with E-state index < -0.39 is 0 Å². The molecular formula is C20H29N3. The van der Waals surface area contributed by atoms with Crippen molar-refractivity contribution in [3.05, 3.63) is 29.8 Å². The van der Waals surface area contributed by atoms with Gasteiger partial charge in [0.2, 0.25) is 0 Å². The van der Waals surface area contributed by atoms with Crippen LogP contribution in [0.5, 0.6) is 0 Å². The smallest absolute Gasteiger partial charge is 0.0992 e. The van der Waals surface area contributed by atoms with Crippen LogP contribution in [0.4, 0.5) is 5.69 Å². The van der Waals surface area contributed by atoms with E-state index >= 15 is 0 Å². The molecule has 0 atom stereocenters. The summed E-state index contributed by atoms with van der Waals surface area (Å²) in [6, 6.07) is 10.2. The summed E-state index contributed by atoms with van der Waals surface area (Å²) >= 11 is 0. The number of benzene rings is 1. The lowest BCUT2D eigenvalue weighted by Crippen LogP contribution is -2.47. The predicted molar refractivity (Wildman–Crippen MR) is 95.5 cm³/mol. The molecule has 2 aliphatic rings. The molecule has 1 saturated heterocycles. The first-order valence-electron chi connectivity index (χ1n) is 9.22. The lowest BCUT2D eigenvalue weighted by atomic mass is 9.81. The monoisotopic (exact) mass is 311 g/mol. The molecule has 3 nitrogen and oxygen atoms in total. The van der Waals surface area contributed by atoms with Crippen LogP contribution in [0.15, 0.2) is 24.3 Å². The second kappa shape index (κ2) is 7.84. The van der Waals surface area contributed by atoms with Crippen molar-refractivity contribution in [3.63, 3.8) is 0 Å². The van der Waals surface area contributed by atoms with E-state index in [4.69, 9.17) is 5.26 Å². The van der Waals surface area contributed by atoms with Gasteiger partial charge in [-0.25, -0.2) is 0 Å². The highest BCUT2D eigenvalue weighted by atomic mass is 15.3. The minimum Gasteiger partial charge on any atom is -0.369 e. The summed E-state index contributed by atoms with van der Waals surface area (Å²) in [5, 5.41) is 9.04. The van der Waals surface area contributed by atoms with Gasteiger partial charge in [0.15, 0.2) is 0 Å². The molecule has 0 aromatic heterocycles. The van der Waals surface area contributed by atoms with Crippen molar-refractivity contribution >= 4 is 5.69 Å². The Labute approximate surface area is 140 Å². The molecule has 3 heteroatoms. The fourth-order valence-corrected chi connectivity index (χ4v) is 3.98. The maximum absolute atomic E-state index is 9.04. The van der Waals surface area contributed by atoms with Crippen molar-refractivity contribution in [3.8, 4) is 6.07 Å². The van der Waals surface area contributed by atoms with Gasteiger partial charge in [-0.2, -0.15) is 5.26 Å². The molecule has 23 heavy (non-hydrogen) atoms. The van der Waals surface area contributed by atoms with Gasteiger partial charge in [0, 0.05) is 31.9 Å². The normalized spacial score (nSPS) is 26.0. The second-order valence-corrected chi connectivity index (χ2v) is 7.41. The maximum atomic E-state index is 9.04. The molecule has 1 aliphatic carbocycles. The van der Waals surface area contributed by atoms with Gasteiger partial charge in [0.25, 0.3) is 0 Å². The summed E-state index contributed by atoms with van der Waals surface area (Å²) in [5.74, 6) is 1.93. The van der Waals surface area contributed by atoms with Gasteiger partial charge in [0.1, 0.15) is 0 Å². The van der Waals surface area contributed by atoms with Gasteiger partial charge >= 0.3 is 0 Å². The summed E-state index contributed by atoms with van der Waals surface area (Å²) in [4.78, 5) is 5.04. The Kier molecular flexibility index (Phi) is 5.56. The largest absolute Gasteiger partial charge is 0.369 e. The molecule has 0 N–H and O–H groups in total. The zero-order valence-corrected chi connectivity index (χ0v) is 14.4. The summed E-state index contributed by atoms with van der Waals surface area (Å²) in [5.41, 5.74) is 1.96. The quantitative estimate of drug-likeness (QED) is 0.845. The first kappa shape index (κ1) is 16.3. The number of nitrogens with zero attached hydrogens (tertiary/aromatic N) is 3. The molecule has 1 aliphatic heterocycles. The third kappa shape index (κ3) is 4.48. The van der Waals surface area contributed by atoms with Crippen molar-refractivity contribution in [1.82, 2.24) is 4.90 Å². The van der Waals surface area contributed by atoms with Crippen molar-refractivity contribution < 1.29 is 0 Å². The Hall–Kier alpha value is -1.53. The minimum atomic E-state index is 0.761. The fraction of sp³-hybridized carbons (Fsp3) is 0.650. The van der Waals surface area contributed by atoms with Crippen LogP contribution >= 0.6 is 0 Å². The molecule has 0 unspecified atom stereocenters. The molecule has 0 radical (unpaired) electrons. The van der Waals surface area contributed by atoms with Crippen LogP contribution in [0.1, 0.15) is 44.6 Å². The SMILES string of the molecule is CC1CCC(CCN2CCN(c3cccc(C#N)c3)CC2)CC1. The van der Waals surface area contributed by atoms with Crippen LogP contribution in [0.25, 0.3) is 0 Å². The summed E-state index contributed by atoms with van der Waals surface area (Å²) in [6.07, 6.45) is 7.15. The van der Waals surface area contributed by atoms with E-state index in [2.05, 4.69) is 28.9 Å². The van der Waals surface area contributed by atoms with Gasteiger partial charge in [-0.3, -0.25) is 4.90 Å². The third-order valence-electron chi connectivity index (χ3n) is 5.70. The van der Waals surface area contributed by atoms with Crippen LogP contribution in [-0.4, -0.2) is 37.6 Å².